The van der Waals surface area contributed by atoms with E-state index in [1.165, 1.54) is 0 Å². The van der Waals surface area contributed by atoms with E-state index in [4.69, 9.17) is 5.73 Å². The molecule has 2 heterocycles. The summed E-state index contributed by atoms with van der Waals surface area (Å²) >= 11 is 0. The molecule has 0 unspecified atom stereocenters. The number of carbonyl (C=O) groups is 1. The summed E-state index contributed by atoms with van der Waals surface area (Å²) in [6.07, 6.45) is 1.72. The first-order chi connectivity index (χ1) is 10.7. The van der Waals surface area contributed by atoms with Crippen molar-refractivity contribution in [2.75, 3.05) is 0 Å². The van der Waals surface area contributed by atoms with Gasteiger partial charge in [0.25, 0.3) is 11.7 Å². The van der Waals surface area contributed by atoms with Gasteiger partial charge >= 0.3 is 0 Å². The van der Waals surface area contributed by atoms with Gasteiger partial charge in [0.15, 0.2) is 0 Å². The van der Waals surface area contributed by atoms with E-state index >= 15 is 0 Å². The Morgan fingerprint density at radius 1 is 1.14 bits per heavy atom. The number of nitrogens with two attached hydrogens (primary N) is 1. The van der Waals surface area contributed by atoms with Crippen molar-refractivity contribution in [3.63, 3.8) is 0 Å². The number of nitrogens with one attached hydrogen (secondary N) is 2. The molecule has 0 atom stereocenters. The number of fused-ring (bicyclic) bond motifs is 2. The van der Waals surface area contributed by atoms with Crippen LogP contribution in [0, 0.1) is 0 Å². The van der Waals surface area contributed by atoms with Crippen LogP contribution in [-0.2, 0) is 6.54 Å². The normalized spacial score (nSPS) is 13.5. The highest BCUT2D eigenvalue weighted by Gasteiger charge is 2.26. The maximum Gasteiger partial charge on any atom is 0.299 e. The number of rotatable bonds is 2. The number of hydrazine groups is 1. The Kier molecular flexibility index (Phi) is 2.72. The minimum atomic E-state index is -0.173. The first kappa shape index (κ1) is 12.6. The number of aromatic amines is 1. The number of hydrogen-bond acceptors (Lipinski definition) is 2. The van der Waals surface area contributed by atoms with Crippen LogP contribution in [0.4, 0.5) is 0 Å². The molecule has 4 N–H and O–H groups in total. The molecule has 3 aromatic rings. The van der Waals surface area contributed by atoms with E-state index < -0.39 is 0 Å². The van der Waals surface area contributed by atoms with Crippen molar-refractivity contribution in [2.24, 2.45) is 5.73 Å². The van der Waals surface area contributed by atoms with Crippen LogP contribution in [0.2, 0.25) is 0 Å². The molecule has 22 heavy (non-hydrogen) atoms. The third-order valence-electron chi connectivity index (χ3n) is 3.98. The average molecular weight is 291 g/mol. The summed E-state index contributed by atoms with van der Waals surface area (Å²) in [5, 5.41) is 0.898. The molecule has 1 aliphatic rings. The zero-order valence-electron chi connectivity index (χ0n) is 11.8. The number of para-hydroxylation sites is 1. The fraction of sp³-hybridized carbons (Fsp3) is 0.0588. The molecule has 1 aliphatic heterocycles. The second-order valence-corrected chi connectivity index (χ2v) is 5.32. The predicted molar refractivity (Wildman–Crippen MR) is 84.5 cm³/mol. The minimum Gasteiger partial charge on any atom is -0.360 e. The molecule has 0 spiro atoms. The average Bonchev–Trinajstić information content (AvgIpc) is 3.10. The van der Waals surface area contributed by atoms with Crippen LogP contribution in [0.1, 0.15) is 21.5 Å². The molecule has 5 nitrogen and oxygen atoms in total. The van der Waals surface area contributed by atoms with Crippen LogP contribution in [0.25, 0.3) is 10.9 Å². The topological polar surface area (TPSA) is 73.9 Å². The van der Waals surface area contributed by atoms with Crippen molar-refractivity contribution in [3.05, 3.63) is 71.4 Å². The summed E-state index contributed by atoms with van der Waals surface area (Å²) in [7, 11) is 0. The zero-order valence-corrected chi connectivity index (χ0v) is 11.8. The van der Waals surface area contributed by atoms with Crippen molar-refractivity contribution in [1.82, 2.24) is 10.4 Å². The summed E-state index contributed by atoms with van der Waals surface area (Å²) in [5.41, 5.74) is 12.6. The first-order valence-corrected chi connectivity index (χ1v) is 7.09. The third kappa shape index (κ3) is 1.87. The molecule has 0 fully saturated rings. The Bertz CT molecular complexity index is 923. The van der Waals surface area contributed by atoms with Crippen LogP contribution >= 0.6 is 0 Å². The van der Waals surface area contributed by atoms with Crippen LogP contribution in [0.5, 0.6) is 0 Å². The van der Waals surface area contributed by atoms with Gasteiger partial charge in [0.1, 0.15) is 6.54 Å². The molecule has 0 saturated carbocycles. The number of carbonyl (C=O) groups excluding carboxylic acids is 1. The maximum absolute atomic E-state index is 12.5. The lowest BCUT2D eigenvalue weighted by molar-refractivity contribution is -0.584. The Labute approximate surface area is 127 Å². The van der Waals surface area contributed by atoms with E-state index in [0.717, 1.165) is 22.0 Å². The monoisotopic (exact) mass is 291 g/mol. The van der Waals surface area contributed by atoms with Crippen LogP contribution in [-0.4, -0.2) is 21.4 Å². The lowest BCUT2D eigenvalue weighted by Crippen LogP contribution is -2.38. The van der Waals surface area contributed by atoms with E-state index in [2.05, 4.69) is 10.4 Å². The van der Waals surface area contributed by atoms with E-state index in [9.17, 15) is 4.79 Å². The lowest BCUT2D eigenvalue weighted by atomic mass is 10.1. The predicted octanol–water partition coefficient (Wildman–Crippen LogP) is 1.74. The second-order valence-electron chi connectivity index (χ2n) is 5.32. The van der Waals surface area contributed by atoms with Crippen molar-refractivity contribution < 1.29 is 9.48 Å². The number of amides is 1. The fourth-order valence-corrected chi connectivity index (χ4v) is 2.85. The molecule has 5 heteroatoms. The lowest BCUT2D eigenvalue weighted by Gasteiger charge is -2.04. The molecule has 1 amide bonds. The SMILES string of the molecule is NC1=[N+](NC(=O)c2c[nH]c3ccccc23)Cc2ccccc21. The second kappa shape index (κ2) is 4.73. The van der Waals surface area contributed by atoms with Crippen molar-refractivity contribution in [3.8, 4) is 0 Å². The number of aromatic nitrogens is 1. The summed E-state index contributed by atoms with van der Waals surface area (Å²) in [6, 6.07) is 15.6. The highest BCUT2D eigenvalue weighted by atomic mass is 16.2. The van der Waals surface area contributed by atoms with Gasteiger partial charge in [-0.15, -0.1) is 0 Å². The van der Waals surface area contributed by atoms with Gasteiger partial charge in [-0.3, -0.25) is 10.5 Å². The van der Waals surface area contributed by atoms with Crippen molar-refractivity contribution >= 4 is 22.6 Å². The van der Waals surface area contributed by atoms with Gasteiger partial charge in [0, 0.05) is 22.7 Å². The van der Waals surface area contributed by atoms with Crippen molar-refractivity contribution in [2.45, 2.75) is 6.54 Å². The Morgan fingerprint density at radius 2 is 1.91 bits per heavy atom. The molecule has 0 bridgehead atoms. The number of nitrogens with zero attached hydrogens (tertiary/aromatic N) is 1. The molecular formula is C17H15N4O+. The molecule has 0 aliphatic carbocycles. The molecule has 2 aromatic carbocycles. The molecule has 108 valence electrons. The van der Waals surface area contributed by atoms with Gasteiger partial charge in [0.05, 0.1) is 11.1 Å². The van der Waals surface area contributed by atoms with E-state index in [1.54, 1.807) is 10.9 Å². The highest BCUT2D eigenvalue weighted by Crippen LogP contribution is 2.19. The first-order valence-electron chi connectivity index (χ1n) is 7.09. The fourth-order valence-electron chi connectivity index (χ4n) is 2.85. The van der Waals surface area contributed by atoms with Gasteiger partial charge in [-0.25, -0.2) is 0 Å². The molecule has 1 aromatic heterocycles. The van der Waals surface area contributed by atoms with Gasteiger partial charge in [-0.05, 0) is 12.1 Å². The van der Waals surface area contributed by atoms with Crippen LogP contribution < -0.4 is 11.2 Å². The Hall–Kier alpha value is -3.08. The van der Waals surface area contributed by atoms with E-state index in [0.29, 0.717) is 17.9 Å². The molecule has 4 rings (SSSR count). The number of hydrazone groups is 1. The molecule has 0 radical (unpaired) electrons. The molecule has 0 saturated heterocycles. The standard InChI is InChI=1S/C17H14N4O/c18-16-12-6-2-1-5-11(12)10-21(16)20-17(22)14-9-19-15-8-4-3-7-13(14)15/h1-9,18H,10H2,(H2,19,20,22)/p+1. The molecular weight excluding hydrogens is 276 g/mol. The summed E-state index contributed by atoms with van der Waals surface area (Å²) in [5.74, 6) is 0.400. The van der Waals surface area contributed by atoms with E-state index in [1.807, 2.05) is 48.5 Å². The smallest absolute Gasteiger partial charge is 0.299 e. The van der Waals surface area contributed by atoms with Gasteiger partial charge in [-0.2, -0.15) is 10.1 Å². The number of amidine groups is 1. The van der Waals surface area contributed by atoms with Crippen molar-refractivity contribution in [1.29, 1.82) is 0 Å². The number of benzene rings is 2. The van der Waals surface area contributed by atoms with Crippen LogP contribution in [0.3, 0.4) is 0 Å². The number of hydrogen-bond donors (Lipinski definition) is 3. The summed E-state index contributed by atoms with van der Waals surface area (Å²) < 4.78 is 1.69. The minimum absolute atomic E-state index is 0.173. The summed E-state index contributed by atoms with van der Waals surface area (Å²) in [4.78, 5) is 15.6. The van der Waals surface area contributed by atoms with E-state index in [-0.39, 0.29) is 5.91 Å². The Morgan fingerprint density at radius 3 is 2.77 bits per heavy atom. The third-order valence-corrected chi connectivity index (χ3v) is 3.98. The van der Waals surface area contributed by atoms with Crippen LogP contribution in [0.15, 0.2) is 54.7 Å². The Balaban J connectivity index is 1.65. The quantitative estimate of drug-likeness (QED) is 0.629. The van der Waals surface area contributed by atoms with Gasteiger partial charge in [0.2, 0.25) is 0 Å². The highest BCUT2D eigenvalue weighted by molar-refractivity contribution is 6.06. The number of H-pyrrole nitrogens is 1. The summed E-state index contributed by atoms with van der Waals surface area (Å²) in [6.45, 7) is 0.579. The maximum atomic E-state index is 12.5. The van der Waals surface area contributed by atoms with Gasteiger partial charge < -0.3 is 4.98 Å². The van der Waals surface area contributed by atoms with Gasteiger partial charge in [-0.1, -0.05) is 36.4 Å². The largest absolute Gasteiger partial charge is 0.360 e. The zero-order chi connectivity index (χ0) is 15.1.